The van der Waals surface area contributed by atoms with Crippen LogP contribution in [0.15, 0.2) is 60.7 Å². The second-order valence-electron chi connectivity index (χ2n) is 7.01. The van der Waals surface area contributed by atoms with Gasteiger partial charge in [0.15, 0.2) is 0 Å². The van der Waals surface area contributed by atoms with Crippen molar-refractivity contribution in [2.75, 3.05) is 6.54 Å². The lowest BCUT2D eigenvalue weighted by Gasteiger charge is -2.41. The summed E-state index contributed by atoms with van der Waals surface area (Å²) in [6.07, 6.45) is 6.43. The smallest absolute Gasteiger partial charge is 0.318 e. The Balaban J connectivity index is 1.91. The average Bonchev–Trinajstić information content (AvgIpc) is 2.59. The third-order valence-corrected chi connectivity index (χ3v) is 5.21. The molecule has 3 rings (SSSR count). The summed E-state index contributed by atoms with van der Waals surface area (Å²) >= 11 is 0. The minimum absolute atomic E-state index is 0.0614. The topological polar surface area (TPSA) is 32.3 Å². The van der Waals surface area contributed by atoms with Crippen LogP contribution in [0.2, 0.25) is 0 Å². The lowest BCUT2D eigenvalue weighted by Crippen LogP contribution is -2.51. The Hall–Kier alpha value is -2.36. The van der Waals surface area contributed by atoms with Crippen molar-refractivity contribution in [3.8, 4) is 0 Å². The predicted molar refractivity (Wildman–Crippen MR) is 98.6 cm³/mol. The quantitative estimate of drug-likeness (QED) is 0.843. The molecule has 1 heterocycles. The third-order valence-electron chi connectivity index (χ3n) is 5.21. The molecule has 1 aromatic rings. The maximum Gasteiger partial charge on any atom is 0.318 e. The number of halogens is 1. The molecule has 1 aromatic carbocycles. The molecule has 2 aliphatic rings. The van der Waals surface area contributed by atoms with Crippen LogP contribution in [-0.4, -0.2) is 23.5 Å². The van der Waals surface area contributed by atoms with E-state index in [1.807, 2.05) is 11.0 Å². The molecule has 0 saturated heterocycles. The fourth-order valence-electron chi connectivity index (χ4n) is 3.82. The van der Waals surface area contributed by atoms with Gasteiger partial charge in [-0.25, -0.2) is 9.18 Å². The van der Waals surface area contributed by atoms with E-state index in [4.69, 9.17) is 0 Å². The summed E-state index contributed by atoms with van der Waals surface area (Å²) in [6, 6.07) is 6.27. The Morgan fingerprint density at radius 2 is 1.92 bits per heavy atom. The molecule has 1 aliphatic carbocycles. The molecular formula is C21H25FN2O. The van der Waals surface area contributed by atoms with Gasteiger partial charge in [0.25, 0.3) is 0 Å². The number of rotatable bonds is 4. The summed E-state index contributed by atoms with van der Waals surface area (Å²) in [5.74, 6) is 0.391. The maximum absolute atomic E-state index is 13.4. The molecule has 3 nitrogen and oxygen atoms in total. The first kappa shape index (κ1) is 17.5. The molecule has 1 N–H and O–H groups in total. The first-order chi connectivity index (χ1) is 12.0. The minimum atomic E-state index is -0.285. The van der Waals surface area contributed by atoms with Crippen LogP contribution in [0.4, 0.5) is 9.18 Å². The van der Waals surface area contributed by atoms with E-state index in [0.29, 0.717) is 12.5 Å². The Bertz CT molecular complexity index is 701. The summed E-state index contributed by atoms with van der Waals surface area (Å²) in [5.41, 5.74) is 2.93. The first-order valence-electron chi connectivity index (χ1n) is 8.84. The Labute approximate surface area is 148 Å². The summed E-state index contributed by atoms with van der Waals surface area (Å²) in [7, 11) is 0. The van der Waals surface area contributed by atoms with E-state index in [1.54, 1.807) is 18.2 Å². The number of urea groups is 1. The maximum atomic E-state index is 13.4. The number of hydrogen-bond acceptors (Lipinski definition) is 1. The van der Waals surface area contributed by atoms with E-state index in [9.17, 15) is 9.18 Å². The van der Waals surface area contributed by atoms with Crippen molar-refractivity contribution in [1.29, 1.82) is 0 Å². The number of carbonyl (C=O) groups excluding carboxylic acids is 1. The van der Waals surface area contributed by atoms with Crippen molar-refractivity contribution in [2.45, 2.75) is 38.3 Å². The molecule has 0 unspecified atom stereocenters. The Morgan fingerprint density at radius 1 is 1.24 bits per heavy atom. The highest BCUT2D eigenvalue weighted by Crippen LogP contribution is 2.37. The van der Waals surface area contributed by atoms with Gasteiger partial charge in [0.1, 0.15) is 5.82 Å². The van der Waals surface area contributed by atoms with Crippen LogP contribution in [0.5, 0.6) is 0 Å². The Kier molecular flexibility index (Phi) is 5.07. The zero-order valence-electron chi connectivity index (χ0n) is 14.7. The van der Waals surface area contributed by atoms with Crippen molar-refractivity contribution in [3.05, 3.63) is 72.1 Å². The van der Waals surface area contributed by atoms with Crippen molar-refractivity contribution < 1.29 is 9.18 Å². The highest BCUT2D eigenvalue weighted by atomic mass is 19.1. The second-order valence-corrected chi connectivity index (χ2v) is 7.01. The SMILES string of the molecule is C=CC1=C(C=C)[C@H](c2ccc(F)cc2)N(C(=O)NC2CC(C)C2)CC1. The van der Waals surface area contributed by atoms with Gasteiger partial charge in [-0.15, -0.1) is 0 Å². The normalized spacial score (nSPS) is 26.0. The summed E-state index contributed by atoms with van der Waals surface area (Å²) in [4.78, 5) is 14.7. The molecule has 4 heteroatoms. The standard InChI is InChI=1S/C21H25FN2O/c1-4-15-10-11-24(21(25)23-18-12-14(3)13-18)20(19(15)5-2)16-6-8-17(22)9-7-16/h4-9,14,18,20H,1-2,10-13H2,3H3,(H,23,25)/t14?,18?,20-/m0/s1. The van der Waals surface area contributed by atoms with E-state index in [2.05, 4.69) is 25.4 Å². The van der Waals surface area contributed by atoms with Crippen molar-refractivity contribution >= 4 is 6.03 Å². The van der Waals surface area contributed by atoms with E-state index >= 15 is 0 Å². The molecule has 1 saturated carbocycles. The number of allylic oxidation sites excluding steroid dienone is 1. The molecule has 1 atom stereocenters. The zero-order valence-corrected chi connectivity index (χ0v) is 14.7. The Morgan fingerprint density at radius 3 is 2.48 bits per heavy atom. The zero-order chi connectivity index (χ0) is 18.0. The van der Waals surface area contributed by atoms with Crippen LogP contribution in [0.3, 0.4) is 0 Å². The monoisotopic (exact) mass is 340 g/mol. The summed E-state index contributed by atoms with van der Waals surface area (Å²) in [6.45, 7) is 10.6. The molecule has 0 spiro atoms. The van der Waals surface area contributed by atoms with Gasteiger partial charge >= 0.3 is 6.03 Å². The third kappa shape index (κ3) is 3.53. The van der Waals surface area contributed by atoms with Crippen LogP contribution < -0.4 is 5.32 Å². The molecule has 132 valence electrons. The largest absolute Gasteiger partial charge is 0.335 e. The molecular weight excluding hydrogens is 315 g/mol. The number of benzene rings is 1. The number of nitrogens with zero attached hydrogens (tertiary/aromatic N) is 1. The van der Waals surface area contributed by atoms with Gasteiger partial charge in [0.05, 0.1) is 6.04 Å². The number of amides is 2. The van der Waals surface area contributed by atoms with E-state index < -0.39 is 0 Å². The summed E-state index contributed by atoms with van der Waals surface area (Å²) < 4.78 is 13.4. The molecule has 25 heavy (non-hydrogen) atoms. The lowest BCUT2D eigenvalue weighted by molar-refractivity contribution is 0.161. The fraction of sp³-hybridized carbons (Fsp3) is 0.381. The predicted octanol–water partition coefficient (Wildman–Crippen LogP) is 4.75. The molecule has 0 bridgehead atoms. The van der Waals surface area contributed by atoms with Gasteiger partial charge in [0.2, 0.25) is 0 Å². The van der Waals surface area contributed by atoms with Crippen molar-refractivity contribution in [2.24, 2.45) is 5.92 Å². The van der Waals surface area contributed by atoms with Gasteiger partial charge in [0, 0.05) is 12.6 Å². The van der Waals surface area contributed by atoms with Crippen LogP contribution in [0.1, 0.15) is 37.8 Å². The number of hydrogen-bond donors (Lipinski definition) is 1. The van der Waals surface area contributed by atoms with E-state index in [-0.39, 0.29) is 23.9 Å². The second kappa shape index (κ2) is 7.26. The highest BCUT2D eigenvalue weighted by molar-refractivity contribution is 5.76. The van der Waals surface area contributed by atoms with E-state index in [0.717, 1.165) is 36.0 Å². The van der Waals surface area contributed by atoms with Crippen molar-refractivity contribution in [1.82, 2.24) is 10.2 Å². The van der Waals surface area contributed by atoms with Crippen LogP contribution >= 0.6 is 0 Å². The minimum Gasteiger partial charge on any atom is -0.335 e. The van der Waals surface area contributed by atoms with Crippen LogP contribution in [0.25, 0.3) is 0 Å². The molecule has 0 radical (unpaired) electrons. The highest BCUT2D eigenvalue weighted by Gasteiger charge is 2.34. The van der Waals surface area contributed by atoms with Crippen molar-refractivity contribution in [3.63, 3.8) is 0 Å². The number of carbonyl (C=O) groups is 1. The molecule has 1 aliphatic heterocycles. The fourth-order valence-corrected chi connectivity index (χ4v) is 3.82. The van der Waals surface area contributed by atoms with Gasteiger partial charge in [-0.2, -0.15) is 0 Å². The number of nitrogens with one attached hydrogen (secondary N) is 1. The van der Waals surface area contributed by atoms with Crippen LogP contribution in [-0.2, 0) is 0 Å². The average molecular weight is 340 g/mol. The molecule has 1 fully saturated rings. The van der Waals surface area contributed by atoms with Gasteiger partial charge in [-0.05, 0) is 54.0 Å². The molecule has 0 aromatic heterocycles. The van der Waals surface area contributed by atoms with Gasteiger partial charge in [-0.1, -0.05) is 44.4 Å². The first-order valence-corrected chi connectivity index (χ1v) is 8.84. The summed E-state index contributed by atoms with van der Waals surface area (Å²) in [5, 5.41) is 3.14. The van der Waals surface area contributed by atoms with E-state index in [1.165, 1.54) is 12.1 Å². The van der Waals surface area contributed by atoms with Crippen LogP contribution in [0, 0.1) is 11.7 Å². The van der Waals surface area contributed by atoms with Gasteiger partial charge in [-0.3, -0.25) is 0 Å². The molecule has 2 amide bonds. The lowest BCUT2D eigenvalue weighted by atomic mass is 9.82. The van der Waals surface area contributed by atoms with Gasteiger partial charge < -0.3 is 10.2 Å².